The van der Waals surface area contributed by atoms with Gasteiger partial charge in [-0.05, 0) is 71.4 Å². The second-order valence-electron chi connectivity index (χ2n) is 12.4. The molecule has 2 amide bonds. The molecular formula is C30H45F2N5O5. The number of piperidine rings is 1. The minimum Gasteiger partial charge on any atom is -0.444 e. The number of hydrogen-bond acceptors (Lipinski definition) is 7. The maximum absolute atomic E-state index is 14.8. The number of amides is 2. The summed E-state index contributed by atoms with van der Waals surface area (Å²) in [4.78, 5) is 30.6. The van der Waals surface area contributed by atoms with Gasteiger partial charge >= 0.3 is 6.09 Å². The second kappa shape index (κ2) is 14.4. The summed E-state index contributed by atoms with van der Waals surface area (Å²) >= 11 is 0. The van der Waals surface area contributed by atoms with E-state index in [1.54, 1.807) is 44.6 Å². The second-order valence-corrected chi connectivity index (χ2v) is 12.4. The molecule has 0 aliphatic carbocycles. The van der Waals surface area contributed by atoms with Crippen molar-refractivity contribution in [2.24, 2.45) is 11.8 Å². The number of methoxy groups -OCH3 is 1. The van der Waals surface area contributed by atoms with Crippen LogP contribution in [0.2, 0.25) is 0 Å². The summed E-state index contributed by atoms with van der Waals surface area (Å²) in [6.07, 6.45) is 0.838. The Labute approximate surface area is 247 Å². The van der Waals surface area contributed by atoms with Gasteiger partial charge in [0.15, 0.2) is 17.3 Å². The van der Waals surface area contributed by atoms with Gasteiger partial charge < -0.3 is 24.4 Å². The predicted octanol–water partition coefficient (Wildman–Crippen LogP) is 4.62. The van der Waals surface area contributed by atoms with Crippen molar-refractivity contribution in [3.05, 3.63) is 41.2 Å². The third-order valence-corrected chi connectivity index (χ3v) is 7.20. The molecule has 0 saturated carbocycles. The number of unbranched alkanes of at least 4 members (excludes halogenated alkanes) is 1. The number of aliphatic hydroxyl groups is 1. The lowest BCUT2D eigenvalue weighted by Crippen LogP contribution is -2.57. The first kappa shape index (κ1) is 33.4. The quantitative estimate of drug-likeness (QED) is 0.379. The fraction of sp³-hybridized carbons (Fsp3) is 0.667. The van der Waals surface area contributed by atoms with Crippen LogP contribution in [-0.2, 0) is 15.9 Å². The number of rotatable bonds is 11. The monoisotopic (exact) mass is 593 g/mol. The van der Waals surface area contributed by atoms with Crippen molar-refractivity contribution < 1.29 is 33.0 Å². The van der Waals surface area contributed by atoms with E-state index in [-0.39, 0.29) is 29.8 Å². The SMILES string of the molecule is COCCCCc1c(C(=O)N(CC(C)C)[C@H]2C[C@@H](C(C)O)CN(C(=O)OC(C)(C)C)C2)nnn1-c1cccc(F)c1F. The Morgan fingerprint density at radius 2 is 1.88 bits per heavy atom. The Bertz CT molecular complexity index is 1210. The van der Waals surface area contributed by atoms with E-state index in [9.17, 15) is 23.5 Å². The average Bonchev–Trinajstić information content (AvgIpc) is 3.33. The van der Waals surface area contributed by atoms with Crippen molar-refractivity contribution in [2.75, 3.05) is 33.4 Å². The van der Waals surface area contributed by atoms with Crippen molar-refractivity contribution in [1.82, 2.24) is 24.8 Å². The number of halogens is 2. The Balaban J connectivity index is 2.03. The summed E-state index contributed by atoms with van der Waals surface area (Å²) < 4.78 is 41.0. The smallest absolute Gasteiger partial charge is 0.410 e. The van der Waals surface area contributed by atoms with Crippen LogP contribution in [0, 0.1) is 23.5 Å². The molecule has 1 aliphatic heterocycles. The topological polar surface area (TPSA) is 110 Å². The number of benzene rings is 1. The molecule has 10 nitrogen and oxygen atoms in total. The Morgan fingerprint density at radius 3 is 2.50 bits per heavy atom. The van der Waals surface area contributed by atoms with Gasteiger partial charge in [0, 0.05) is 39.3 Å². The van der Waals surface area contributed by atoms with Crippen molar-refractivity contribution in [3.8, 4) is 5.69 Å². The van der Waals surface area contributed by atoms with E-state index >= 15 is 0 Å². The molecular weight excluding hydrogens is 548 g/mol. The maximum Gasteiger partial charge on any atom is 0.410 e. The Hall–Kier alpha value is -3.12. The number of likely N-dealkylation sites (tertiary alicyclic amines) is 1. The van der Waals surface area contributed by atoms with Gasteiger partial charge in [-0.25, -0.2) is 18.3 Å². The summed E-state index contributed by atoms with van der Waals surface area (Å²) in [7, 11) is 1.60. The molecule has 1 N–H and O–H groups in total. The van der Waals surface area contributed by atoms with Gasteiger partial charge in [0.1, 0.15) is 11.3 Å². The fourth-order valence-corrected chi connectivity index (χ4v) is 5.17. The van der Waals surface area contributed by atoms with Crippen molar-refractivity contribution >= 4 is 12.0 Å². The Morgan fingerprint density at radius 1 is 1.17 bits per heavy atom. The highest BCUT2D eigenvalue weighted by molar-refractivity contribution is 5.93. The predicted molar refractivity (Wildman–Crippen MR) is 153 cm³/mol. The molecule has 12 heteroatoms. The van der Waals surface area contributed by atoms with Crippen LogP contribution in [0.5, 0.6) is 0 Å². The number of carbonyl (C=O) groups is 2. The molecule has 42 heavy (non-hydrogen) atoms. The molecule has 1 aliphatic rings. The first-order valence-electron chi connectivity index (χ1n) is 14.6. The Kier molecular flexibility index (Phi) is 11.4. The lowest BCUT2D eigenvalue weighted by molar-refractivity contribution is -0.0149. The van der Waals surface area contributed by atoms with Crippen LogP contribution in [0.15, 0.2) is 18.2 Å². The molecule has 1 fully saturated rings. The van der Waals surface area contributed by atoms with E-state index in [1.165, 1.54) is 16.8 Å². The molecule has 234 valence electrons. The van der Waals surface area contributed by atoms with Crippen LogP contribution in [0.4, 0.5) is 13.6 Å². The van der Waals surface area contributed by atoms with Gasteiger partial charge in [0.25, 0.3) is 5.91 Å². The largest absolute Gasteiger partial charge is 0.444 e. The highest BCUT2D eigenvalue weighted by Gasteiger charge is 2.40. The number of nitrogens with zero attached hydrogens (tertiary/aromatic N) is 5. The lowest BCUT2D eigenvalue weighted by atomic mass is 9.89. The van der Waals surface area contributed by atoms with Crippen LogP contribution >= 0.6 is 0 Å². The van der Waals surface area contributed by atoms with Crippen LogP contribution in [0.25, 0.3) is 5.69 Å². The van der Waals surface area contributed by atoms with Crippen LogP contribution < -0.4 is 0 Å². The van der Waals surface area contributed by atoms with Gasteiger partial charge in [0.05, 0.1) is 17.8 Å². The van der Waals surface area contributed by atoms with Crippen molar-refractivity contribution in [3.63, 3.8) is 0 Å². The number of aromatic nitrogens is 3. The summed E-state index contributed by atoms with van der Waals surface area (Å²) in [6.45, 7) is 12.3. The third kappa shape index (κ3) is 8.47. The number of hydrogen-bond donors (Lipinski definition) is 1. The zero-order valence-corrected chi connectivity index (χ0v) is 25.8. The van der Waals surface area contributed by atoms with Crippen LogP contribution in [-0.4, -0.2) is 93.0 Å². The van der Waals surface area contributed by atoms with Crippen molar-refractivity contribution in [2.45, 2.75) is 85.0 Å². The van der Waals surface area contributed by atoms with Gasteiger partial charge in [-0.1, -0.05) is 25.1 Å². The maximum atomic E-state index is 14.8. The highest BCUT2D eigenvalue weighted by Crippen LogP contribution is 2.28. The zero-order chi connectivity index (χ0) is 31.2. The van der Waals surface area contributed by atoms with E-state index in [4.69, 9.17) is 9.47 Å². The molecule has 3 rings (SSSR count). The van der Waals surface area contributed by atoms with Gasteiger partial charge in [-0.3, -0.25) is 4.79 Å². The highest BCUT2D eigenvalue weighted by atomic mass is 19.2. The molecule has 2 heterocycles. The molecule has 0 spiro atoms. The summed E-state index contributed by atoms with van der Waals surface area (Å²) in [5.74, 6) is -2.76. The minimum atomic E-state index is -1.08. The number of carbonyl (C=O) groups excluding carboxylic acids is 2. The van der Waals surface area contributed by atoms with Gasteiger partial charge in [-0.15, -0.1) is 5.10 Å². The molecule has 1 aromatic heterocycles. The van der Waals surface area contributed by atoms with E-state index < -0.39 is 41.4 Å². The van der Waals surface area contributed by atoms with E-state index in [2.05, 4.69) is 10.3 Å². The van der Waals surface area contributed by atoms with Crippen molar-refractivity contribution in [1.29, 1.82) is 0 Å². The van der Waals surface area contributed by atoms with Gasteiger partial charge in [-0.2, -0.15) is 0 Å². The first-order chi connectivity index (χ1) is 19.7. The molecule has 0 bridgehead atoms. The molecule has 1 saturated heterocycles. The average molecular weight is 594 g/mol. The standard InChI is InChI=1S/C30H45F2N5O5/c1-19(2)16-36(22-15-21(20(3)38)17-35(18-22)29(40)42-30(4,5)6)28(39)27-25(12-8-9-14-41-7)37(34-33-27)24-13-10-11-23(31)26(24)32/h10-11,13,19-22,38H,8-9,12,14-18H2,1-7H3/t20?,21-,22+/m1/s1. The molecule has 2 aromatic rings. The minimum absolute atomic E-state index is 0.0414. The van der Waals surface area contributed by atoms with Crippen LogP contribution in [0.3, 0.4) is 0 Å². The molecule has 0 radical (unpaired) electrons. The first-order valence-corrected chi connectivity index (χ1v) is 14.6. The van der Waals surface area contributed by atoms with E-state index in [0.29, 0.717) is 51.1 Å². The molecule has 3 atom stereocenters. The van der Waals surface area contributed by atoms with Gasteiger partial charge in [0.2, 0.25) is 0 Å². The molecule has 1 unspecified atom stereocenters. The summed E-state index contributed by atoms with van der Waals surface area (Å²) in [6, 6.07) is 3.33. The third-order valence-electron chi connectivity index (χ3n) is 7.20. The van der Waals surface area contributed by atoms with Crippen LogP contribution in [0.1, 0.15) is 77.0 Å². The number of aliphatic hydroxyl groups excluding tert-OH is 1. The summed E-state index contributed by atoms with van der Waals surface area (Å²) in [5, 5.41) is 18.8. The summed E-state index contributed by atoms with van der Waals surface area (Å²) in [5.41, 5.74) is -0.442. The fourth-order valence-electron chi connectivity index (χ4n) is 5.17. The normalized spacial score (nSPS) is 18.3. The molecule has 1 aromatic carbocycles. The van der Waals surface area contributed by atoms with E-state index in [1.807, 2.05) is 13.8 Å². The zero-order valence-electron chi connectivity index (χ0n) is 25.8. The van der Waals surface area contributed by atoms with E-state index in [0.717, 1.165) is 6.07 Å². The number of ether oxygens (including phenoxy) is 2. The lowest BCUT2D eigenvalue weighted by Gasteiger charge is -2.44.